The van der Waals surface area contributed by atoms with Crippen LogP contribution in [-0.4, -0.2) is 66.6 Å². The standard InChI is InChI=1S/C21H24F2N6O4/c1-28-15-10-25-20(26-14-9-24-13(18(30)33-3)8-16(14)32-2)27-17(15)29(12-6-4-5-7-12)11-21(22,23)19(28)31/h8-10,12H,4-7,11H2,1-3H3,(H,25,26,27). The predicted octanol–water partition coefficient (Wildman–Crippen LogP) is 2.77. The van der Waals surface area contributed by atoms with Gasteiger partial charge in [-0.2, -0.15) is 13.8 Å². The van der Waals surface area contributed by atoms with Gasteiger partial charge in [0.05, 0.1) is 33.2 Å². The minimum Gasteiger partial charge on any atom is -0.494 e. The van der Waals surface area contributed by atoms with Gasteiger partial charge in [0.1, 0.15) is 17.1 Å². The number of alkyl halides is 2. The van der Waals surface area contributed by atoms with E-state index in [0.29, 0.717) is 5.69 Å². The number of pyridine rings is 1. The molecule has 1 fully saturated rings. The van der Waals surface area contributed by atoms with E-state index in [0.717, 1.165) is 30.6 Å². The Morgan fingerprint density at radius 3 is 2.61 bits per heavy atom. The molecule has 1 saturated carbocycles. The Bertz CT molecular complexity index is 1080. The molecule has 1 N–H and O–H groups in total. The average molecular weight is 462 g/mol. The second kappa shape index (κ2) is 8.75. The lowest BCUT2D eigenvalue weighted by Crippen LogP contribution is -2.48. The highest BCUT2D eigenvalue weighted by atomic mass is 19.3. The van der Waals surface area contributed by atoms with E-state index < -0.39 is 24.3 Å². The van der Waals surface area contributed by atoms with Gasteiger partial charge in [-0.25, -0.2) is 14.8 Å². The molecule has 10 nitrogen and oxygen atoms in total. The van der Waals surface area contributed by atoms with Gasteiger partial charge < -0.3 is 24.6 Å². The SMILES string of the molecule is COC(=O)c1cc(OC)c(Nc2ncc3c(n2)N(C2CCCC2)CC(F)(F)C(=O)N3C)cn1. The third kappa shape index (κ3) is 4.24. The van der Waals surface area contributed by atoms with E-state index in [1.807, 2.05) is 0 Å². The monoisotopic (exact) mass is 462 g/mol. The Morgan fingerprint density at radius 2 is 1.94 bits per heavy atom. The van der Waals surface area contributed by atoms with Crippen LogP contribution in [0.3, 0.4) is 0 Å². The highest BCUT2D eigenvalue weighted by Crippen LogP contribution is 2.40. The summed E-state index contributed by atoms with van der Waals surface area (Å²) < 4.78 is 39.4. The molecular formula is C21H24F2N6O4. The van der Waals surface area contributed by atoms with Crippen LogP contribution in [0, 0.1) is 0 Å². The largest absolute Gasteiger partial charge is 0.494 e. The fourth-order valence-corrected chi connectivity index (χ4v) is 4.14. The maximum Gasteiger partial charge on any atom is 0.356 e. The molecule has 0 saturated heterocycles. The van der Waals surface area contributed by atoms with Crippen LogP contribution >= 0.6 is 0 Å². The minimum absolute atomic E-state index is 0.0533. The average Bonchev–Trinajstić information content (AvgIpc) is 3.34. The lowest BCUT2D eigenvalue weighted by Gasteiger charge is -2.31. The molecule has 3 heterocycles. The Kier molecular flexibility index (Phi) is 6.00. The molecule has 2 aromatic rings. The topological polar surface area (TPSA) is 110 Å². The Balaban J connectivity index is 1.72. The lowest BCUT2D eigenvalue weighted by atomic mass is 10.2. The predicted molar refractivity (Wildman–Crippen MR) is 115 cm³/mol. The van der Waals surface area contributed by atoms with E-state index in [1.54, 1.807) is 0 Å². The van der Waals surface area contributed by atoms with Crippen molar-refractivity contribution in [2.75, 3.05) is 42.9 Å². The number of halogens is 2. The smallest absolute Gasteiger partial charge is 0.356 e. The van der Waals surface area contributed by atoms with E-state index >= 15 is 0 Å². The van der Waals surface area contributed by atoms with Crippen molar-refractivity contribution in [3.63, 3.8) is 0 Å². The van der Waals surface area contributed by atoms with Crippen LogP contribution in [-0.2, 0) is 9.53 Å². The van der Waals surface area contributed by atoms with Crippen LogP contribution in [0.4, 0.5) is 31.9 Å². The molecule has 0 unspecified atom stereocenters. The molecular weight excluding hydrogens is 438 g/mol. The molecule has 33 heavy (non-hydrogen) atoms. The number of esters is 1. The summed E-state index contributed by atoms with van der Waals surface area (Å²) in [6.45, 7) is -0.747. The summed E-state index contributed by atoms with van der Waals surface area (Å²) >= 11 is 0. The summed E-state index contributed by atoms with van der Waals surface area (Å²) in [6.07, 6.45) is 6.04. The number of carbonyl (C=O) groups is 2. The molecule has 0 bridgehead atoms. The lowest BCUT2D eigenvalue weighted by molar-refractivity contribution is -0.140. The van der Waals surface area contributed by atoms with E-state index in [-0.39, 0.29) is 34.9 Å². The summed E-state index contributed by atoms with van der Waals surface area (Å²) in [4.78, 5) is 39.3. The second-order valence-electron chi connectivity index (χ2n) is 7.92. The maximum absolute atomic E-state index is 14.7. The number of hydrogen-bond donors (Lipinski definition) is 1. The van der Waals surface area contributed by atoms with Gasteiger partial charge in [0.25, 0.3) is 5.91 Å². The van der Waals surface area contributed by atoms with Gasteiger partial charge in [-0.15, -0.1) is 0 Å². The van der Waals surface area contributed by atoms with Crippen molar-refractivity contribution in [2.24, 2.45) is 0 Å². The van der Waals surface area contributed by atoms with Crippen LogP contribution in [0.1, 0.15) is 36.2 Å². The molecule has 2 aromatic heterocycles. The summed E-state index contributed by atoms with van der Waals surface area (Å²) in [7, 11) is 3.96. The van der Waals surface area contributed by atoms with Crippen molar-refractivity contribution in [2.45, 2.75) is 37.6 Å². The maximum atomic E-state index is 14.7. The Hall–Kier alpha value is -3.57. The van der Waals surface area contributed by atoms with E-state index in [9.17, 15) is 18.4 Å². The number of nitrogens with one attached hydrogen (secondary N) is 1. The third-order valence-electron chi connectivity index (χ3n) is 5.86. The first kappa shape index (κ1) is 22.6. The van der Waals surface area contributed by atoms with Gasteiger partial charge in [0.2, 0.25) is 5.95 Å². The van der Waals surface area contributed by atoms with Gasteiger partial charge in [0.15, 0.2) is 11.5 Å². The normalized spacial score (nSPS) is 18.0. The third-order valence-corrected chi connectivity index (χ3v) is 5.86. The number of ether oxygens (including phenoxy) is 2. The fourth-order valence-electron chi connectivity index (χ4n) is 4.14. The Labute approximate surface area is 188 Å². The zero-order chi connectivity index (χ0) is 23.8. The first-order valence-electron chi connectivity index (χ1n) is 10.4. The summed E-state index contributed by atoms with van der Waals surface area (Å²) in [5, 5.41) is 2.96. The number of hydrogen-bond acceptors (Lipinski definition) is 9. The molecule has 176 valence electrons. The highest BCUT2D eigenvalue weighted by molar-refractivity contribution is 6.02. The van der Waals surface area contributed by atoms with E-state index in [4.69, 9.17) is 4.74 Å². The van der Waals surface area contributed by atoms with Crippen molar-refractivity contribution < 1.29 is 27.8 Å². The van der Waals surface area contributed by atoms with E-state index in [1.165, 1.54) is 44.6 Å². The highest BCUT2D eigenvalue weighted by Gasteiger charge is 2.48. The molecule has 0 radical (unpaired) electrons. The molecule has 1 aliphatic carbocycles. The summed E-state index contributed by atoms with van der Waals surface area (Å²) in [6, 6.07) is 1.25. The first-order chi connectivity index (χ1) is 15.7. The zero-order valence-corrected chi connectivity index (χ0v) is 18.5. The van der Waals surface area contributed by atoms with Crippen LogP contribution in [0.25, 0.3) is 0 Å². The zero-order valence-electron chi connectivity index (χ0n) is 18.5. The van der Waals surface area contributed by atoms with Crippen molar-refractivity contribution in [1.29, 1.82) is 0 Å². The molecule has 1 amide bonds. The minimum atomic E-state index is -3.55. The number of carbonyl (C=O) groups excluding carboxylic acids is 2. The summed E-state index contributed by atoms with van der Waals surface area (Å²) in [5.74, 6) is -4.82. The fraction of sp³-hybridized carbons (Fsp3) is 0.476. The number of amides is 1. The van der Waals surface area contributed by atoms with Crippen LogP contribution < -0.4 is 19.9 Å². The van der Waals surface area contributed by atoms with Gasteiger partial charge in [-0.1, -0.05) is 12.8 Å². The quantitative estimate of drug-likeness (QED) is 0.671. The number of fused-ring (bicyclic) bond motifs is 1. The molecule has 0 aromatic carbocycles. The van der Waals surface area contributed by atoms with Gasteiger partial charge in [-0.3, -0.25) is 4.79 Å². The number of nitrogens with zero attached hydrogens (tertiary/aromatic N) is 5. The van der Waals surface area contributed by atoms with Gasteiger partial charge in [0, 0.05) is 19.2 Å². The summed E-state index contributed by atoms with van der Waals surface area (Å²) in [5.41, 5.74) is 0.624. The second-order valence-corrected chi connectivity index (χ2v) is 7.92. The molecule has 0 spiro atoms. The Morgan fingerprint density at radius 1 is 1.21 bits per heavy atom. The molecule has 0 atom stereocenters. The van der Waals surface area contributed by atoms with Crippen molar-refractivity contribution in [3.8, 4) is 5.75 Å². The molecule has 1 aliphatic heterocycles. The van der Waals surface area contributed by atoms with Crippen LogP contribution in [0.2, 0.25) is 0 Å². The number of rotatable bonds is 5. The van der Waals surface area contributed by atoms with Crippen molar-refractivity contribution in [1.82, 2.24) is 15.0 Å². The van der Waals surface area contributed by atoms with Crippen molar-refractivity contribution >= 4 is 35.0 Å². The molecule has 12 heteroatoms. The first-order valence-corrected chi connectivity index (χ1v) is 10.4. The van der Waals surface area contributed by atoms with E-state index in [2.05, 4.69) is 25.0 Å². The van der Waals surface area contributed by atoms with Crippen LogP contribution in [0.5, 0.6) is 5.75 Å². The molecule has 2 aliphatic rings. The number of aromatic nitrogens is 3. The van der Waals surface area contributed by atoms with Crippen LogP contribution in [0.15, 0.2) is 18.5 Å². The number of anilines is 4. The van der Waals surface area contributed by atoms with Gasteiger partial charge >= 0.3 is 11.9 Å². The van der Waals surface area contributed by atoms with Gasteiger partial charge in [-0.05, 0) is 12.8 Å². The number of methoxy groups -OCH3 is 2. The van der Waals surface area contributed by atoms with Crippen molar-refractivity contribution in [3.05, 3.63) is 24.2 Å². The molecule has 4 rings (SSSR count).